The molecule has 0 amide bonds. The van der Waals surface area contributed by atoms with Crippen LogP contribution in [0.25, 0.3) is 0 Å². The van der Waals surface area contributed by atoms with Gasteiger partial charge in [0.1, 0.15) is 13.2 Å². The number of benzene rings is 1. The lowest BCUT2D eigenvalue weighted by molar-refractivity contribution is -0.712. The SMILES string of the molecule is C=CCOc1cc(Cl)c(C[NH2+][C@H]2CCCC[C@@H]2C)cc1OCC. The first-order valence-corrected chi connectivity index (χ1v) is 9.05. The Bertz CT molecular complexity index is 518. The maximum absolute atomic E-state index is 6.45. The molecule has 2 atom stereocenters. The predicted octanol–water partition coefficient (Wildman–Crippen LogP) is 3.95. The van der Waals surface area contributed by atoms with Crippen LogP contribution in [-0.2, 0) is 6.54 Å². The maximum atomic E-state index is 6.45. The summed E-state index contributed by atoms with van der Waals surface area (Å²) in [5, 5.41) is 3.18. The number of hydrogen-bond acceptors (Lipinski definition) is 2. The fourth-order valence-corrected chi connectivity index (χ4v) is 3.47. The Morgan fingerprint density at radius 3 is 2.70 bits per heavy atom. The van der Waals surface area contributed by atoms with E-state index in [2.05, 4.69) is 18.8 Å². The molecule has 0 unspecified atom stereocenters. The Morgan fingerprint density at radius 2 is 2.00 bits per heavy atom. The quantitative estimate of drug-likeness (QED) is 0.728. The molecule has 0 saturated heterocycles. The van der Waals surface area contributed by atoms with E-state index in [1.807, 2.05) is 19.1 Å². The van der Waals surface area contributed by atoms with Gasteiger partial charge in [0.25, 0.3) is 0 Å². The smallest absolute Gasteiger partial charge is 0.163 e. The average Bonchev–Trinajstić information content (AvgIpc) is 2.55. The highest BCUT2D eigenvalue weighted by Crippen LogP contribution is 2.33. The van der Waals surface area contributed by atoms with Crippen LogP contribution in [0, 0.1) is 5.92 Å². The molecule has 23 heavy (non-hydrogen) atoms. The molecule has 1 aliphatic rings. The van der Waals surface area contributed by atoms with Gasteiger partial charge in [0, 0.05) is 17.5 Å². The van der Waals surface area contributed by atoms with Gasteiger partial charge in [0.2, 0.25) is 0 Å². The van der Waals surface area contributed by atoms with Gasteiger partial charge in [0.15, 0.2) is 11.5 Å². The lowest BCUT2D eigenvalue weighted by Gasteiger charge is -2.27. The molecule has 0 radical (unpaired) electrons. The van der Waals surface area contributed by atoms with Crippen LogP contribution in [0.15, 0.2) is 24.8 Å². The van der Waals surface area contributed by atoms with Crippen LogP contribution in [0.1, 0.15) is 45.1 Å². The van der Waals surface area contributed by atoms with E-state index in [-0.39, 0.29) is 0 Å². The van der Waals surface area contributed by atoms with E-state index in [4.69, 9.17) is 21.1 Å². The van der Waals surface area contributed by atoms with Crippen LogP contribution in [0.4, 0.5) is 0 Å². The Labute approximate surface area is 145 Å². The number of quaternary nitrogens is 1. The van der Waals surface area contributed by atoms with Crippen LogP contribution in [0.2, 0.25) is 5.02 Å². The molecule has 0 bridgehead atoms. The zero-order valence-corrected chi connectivity index (χ0v) is 15.1. The van der Waals surface area contributed by atoms with E-state index in [1.165, 1.54) is 25.7 Å². The molecule has 3 nitrogen and oxygen atoms in total. The molecular formula is C19H29ClNO2+. The average molecular weight is 339 g/mol. The van der Waals surface area contributed by atoms with E-state index >= 15 is 0 Å². The molecule has 1 saturated carbocycles. The molecule has 0 aromatic heterocycles. The van der Waals surface area contributed by atoms with Crippen molar-refractivity contribution < 1.29 is 14.8 Å². The minimum Gasteiger partial charge on any atom is -0.490 e. The number of ether oxygens (including phenoxy) is 2. The summed E-state index contributed by atoms with van der Waals surface area (Å²) in [6, 6.07) is 4.59. The molecule has 2 N–H and O–H groups in total. The summed E-state index contributed by atoms with van der Waals surface area (Å²) in [4.78, 5) is 0. The monoisotopic (exact) mass is 338 g/mol. The van der Waals surface area contributed by atoms with Gasteiger partial charge in [-0.15, -0.1) is 0 Å². The summed E-state index contributed by atoms with van der Waals surface area (Å²) in [5.74, 6) is 2.23. The van der Waals surface area contributed by atoms with E-state index in [1.54, 1.807) is 6.08 Å². The summed E-state index contributed by atoms with van der Waals surface area (Å²) >= 11 is 6.45. The molecule has 1 aromatic carbocycles. The minimum atomic E-state index is 0.446. The standard InChI is InChI=1S/C19H28ClNO2/c1-4-10-23-19-12-16(20)15(11-18(19)22-5-2)13-21-17-9-7-6-8-14(17)3/h4,11-12,14,17,21H,1,5-10,13H2,2-3H3/p+1/t14-,17-/m0/s1. The van der Waals surface area contributed by atoms with E-state index < -0.39 is 0 Å². The molecule has 1 aromatic rings. The maximum Gasteiger partial charge on any atom is 0.163 e. The highest BCUT2D eigenvalue weighted by atomic mass is 35.5. The third-order valence-electron chi connectivity index (χ3n) is 4.59. The van der Waals surface area contributed by atoms with E-state index in [9.17, 15) is 0 Å². The van der Waals surface area contributed by atoms with Gasteiger partial charge in [-0.2, -0.15) is 0 Å². The molecule has 0 spiro atoms. The van der Waals surface area contributed by atoms with Crippen molar-refractivity contribution in [3.8, 4) is 11.5 Å². The fourth-order valence-electron chi connectivity index (χ4n) is 3.24. The van der Waals surface area contributed by atoms with Crippen molar-refractivity contribution in [2.24, 2.45) is 5.92 Å². The Hall–Kier alpha value is -1.19. The molecule has 0 heterocycles. The summed E-state index contributed by atoms with van der Waals surface area (Å²) in [7, 11) is 0. The van der Waals surface area contributed by atoms with Gasteiger partial charge < -0.3 is 14.8 Å². The molecule has 2 rings (SSSR count). The Balaban J connectivity index is 2.08. The summed E-state index contributed by atoms with van der Waals surface area (Å²) in [6.07, 6.45) is 7.08. The third-order valence-corrected chi connectivity index (χ3v) is 4.94. The highest BCUT2D eigenvalue weighted by Gasteiger charge is 2.24. The van der Waals surface area contributed by atoms with Crippen molar-refractivity contribution in [3.63, 3.8) is 0 Å². The van der Waals surface area contributed by atoms with E-state index in [0.29, 0.717) is 25.0 Å². The zero-order valence-electron chi connectivity index (χ0n) is 14.3. The van der Waals surface area contributed by atoms with Crippen LogP contribution >= 0.6 is 11.6 Å². The van der Waals surface area contributed by atoms with Crippen molar-refractivity contribution in [3.05, 3.63) is 35.4 Å². The molecule has 128 valence electrons. The molecule has 1 aliphatic carbocycles. The Kier molecular flexibility index (Phi) is 7.25. The van der Waals surface area contributed by atoms with Gasteiger partial charge in [-0.1, -0.05) is 37.6 Å². The van der Waals surface area contributed by atoms with E-state index in [0.717, 1.165) is 28.8 Å². The molecule has 1 fully saturated rings. The third kappa shape index (κ3) is 5.15. The number of halogens is 1. The van der Waals surface area contributed by atoms with Crippen LogP contribution in [-0.4, -0.2) is 19.3 Å². The normalized spacial score (nSPS) is 21.0. The van der Waals surface area contributed by atoms with Gasteiger partial charge in [-0.3, -0.25) is 0 Å². The lowest BCUT2D eigenvalue weighted by Crippen LogP contribution is -2.90. The second kappa shape index (κ2) is 9.19. The topological polar surface area (TPSA) is 35.1 Å². The minimum absolute atomic E-state index is 0.446. The van der Waals surface area contributed by atoms with Crippen LogP contribution < -0.4 is 14.8 Å². The summed E-state index contributed by atoms with van der Waals surface area (Å²) in [5.41, 5.74) is 1.11. The Morgan fingerprint density at radius 1 is 1.26 bits per heavy atom. The van der Waals surface area contributed by atoms with Crippen LogP contribution in [0.5, 0.6) is 11.5 Å². The summed E-state index contributed by atoms with van der Waals surface area (Å²) < 4.78 is 11.4. The van der Waals surface area contributed by atoms with Crippen molar-refractivity contribution in [1.29, 1.82) is 0 Å². The molecule has 0 aliphatic heterocycles. The van der Waals surface area contributed by atoms with Gasteiger partial charge in [-0.25, -0.2) is 0 Å². The van der Waals surface area contributed by atoms with Crippen molar-refractivity contribution in [2.75, 3.05) is 13.2 Å². The zero-order chi connectivity index (χ0) is 16.7. The number of nitrogens with two attached hydrogens (primary N) is 1. The molecular weight excluding hydrogens is 310 g/mol. The first-order chi connectivity index (χ1) is 11.2. The second-order valence-electron chi connectivity index (χ2n) is 6.29. The lowest BCUT2D eigenvalue weighted by atomic mass is 9.86. The first kappa shape index (κ1) is 18.2. The second-order valence-corrected chi connectivity index (χ2v) is 6.70. The van der Waals surface area contributed by atoms with Crippen molar-refractivity contribution >= 4 is 11.6 Å². The van der Waals surface area contributed by atoms with Crippen molar-refractivity contribution in [2.45, 2.75) is 52.1 Å². The summed E-state index contributed by atoms with van der Waals surface area (Å²) in [6.45, 7) is 9.95. The van der Waals surface area contributed by atoms with Gasteiger partial charge in [-0.05, 0) is 32.3 Å². The number of hydrogen-bond donors (Lipinski definition) is 1. The van der Waals surface area contributed by atoms with Crippen LogP contribution in [0.3, 0.4) is 0 Å². The number of rotatable bonds is 8. The van der Waals surface area contributed by atoms with Crippen molar-refractivity contribution in [1.82, 2.24) is 0 Å². The highest BCUT2D eigenvalue weighted by molar-refractivity contribution is 6.31. The largest absolute Gasteiger partial charge is 0.490 e. The predicted molar refractivity (Wildman–Crippen MR) is 95.4 cm³/mol. The first-order valence-electron chi connectivity index (χ1n) is 8.68. The van der Waals surface area contributed by atoms with Gasteiger partial charge >= 0.3 is 0 Å². The fraction of sp³-hybridized carbons (Fsp3) is 0.579. The molecule has 4 heteroatoms. The van der Waals surface area contributed by atoms with Gasteiger partial charge in [0.05, 0.1) is 17.7 Å².